The van der Waals surface area contributed by atoms with Gasteiger partial charge in [-0.2, -0.15) is 0 Å². The molecule has 0 N–H and O–H groups in total. The second-order valence-electron chi connectivity index (χ2n) is 4.63. The van der Waals surface area contributed by atoms with Crippen LogP contribution in [0.15, 0.2) is 63.7 Å². The third-order valence-corrected chi connectivity index (χ3v) is 3.73. The second-order valence-corrected chi connectivity index (χ2v) is 5.54. The quantitative estimate of drug-likeness (QED) is 0.619. The van der Waals surface area contributed by atoms with Crippen LogP contribution in [0.4, 0.5) is 0 Å². The maximum atomic E-state index is 12.0. The highest BCUT2D eigenvalue weighted by Crippen LogP contribution is 2.28. The van der Waals surface area contributed by atoms with E-state index in [1.54, 1.807) is 13.2 Å². The van der Waals surface area contributed by atoms with E-state index in [9.17, 15) is 4.79 Å². The highest BCUT2D eigenvalue weighted by Gasteiger charge is 2.27. The monoisotopic (exact) mass is 357 g/mol. The van der Waals surface area contributed by atoms with Crippen LogP contribution in [-0.4, -0.2) is 18.8 Å². The van der Waals surface area contributed by atoms with Gasteiger partial charge in [0.25, 0.3) is 0 Å². The molecule has 110 valence electrons. The van der Waals surface area contributed by atoms with E-state index < -0.39 is 5.97 Å². The summed E-state index contributed by atoms with van der Waals surface area (Å²) in [6.07, 6.45) is 1.73. The Hall–Kier alpha value is -2.40. The first-order chi connectivity index (χ1) is 10.7. The van der Waals surface area contributed by atoms with Gasteiger partial charge in [0.15, 0.2) is 0 Å². The molecule has 1 heterocycles. The summed E-state index contributed by atoms with van der Waals surface area (Å²) in [6, 6.07) is 15.0. The van der Waals surface area contributed by atoms with Gasteiger partial charge in [-0.3, -0.25) is 0 Å². The molecule has 0 saturated heterocycles. The Morgan fingerprint density at radius 2 is 1.95 bits per heavy atom. The Bertz CT molecular complexity index is 782. The largest absolute Gasteiger partial charge is 0.496 e. The zero-order valence-corrected chi connectivity index (χ0v) is 13.3. The number of ether oxygens (including phenoxy) is 1. The first kappa shape index (κ1) is 14.5. The summed E-state index contributed by atoms with van der Waals surface area (Å²) in [4.78, 5) is 16.8. The van der Waals surface area contributed by atoms with Crippen LogP contribution in [0.3, 0.4) is 0 Å². The molecular formula is C17H12BrNO3. The highest BCUT2D eigenvalue weighted by atomic mass is 79.9. The van der Waals surface area contributed by atoms with E-state index in [1.807, 2.05) is 48.5 Å². The molecule has 22 heavy (non-hydrogen) atoms. The van der Waals surface area contributed by atoms with Crippen molar-refractivity contribution >= 4 is 33.7 Å². The number of hydrogen-bond acceptors (Lipinski definition) is 4. The summed E-state index contributed by atoms with van der Waals surface area (Å²) in [5.41, 5.74) is 2.53. The van der Waals surface area contributed by atoms with Crippen molar-refractivity contribution in [2.24, 2.45) is 5.16 Å². The van der Waals surface area contributed by atoms with E-state index in [0.717, 1.165) is 15.6 Å². The molecule has 2 aromatic carbocycles. The molecule has 0 aliphatic carbocycles. The van der Waals surface area contributed by atoms with Gasteiger partial charge in [0.05, 0.1) is 12.7 Å². The molecule has 3 rings (SSSR count). The fourth-order valence-electron chi connectivity index (χ4n) is 2.19. The summed E-state index contributed by atoms with van der Waals surface area (Å²) in [5.74, 6) is 0.198. The van der Waals surface area contributed by atoms with E-state index in [4.69, 9.17) is 9.57 Å². The fraction of sp³-hybridized carbons (Fsp3) is 0.0588. The van der Waals surface area contributed by atoms with Gasteiger partial charge >= 0.3 is 5.97 Å². The average Bonchev–Trinajstić information content (AvgIpc) is 2.90. The van der Waals surface area contributed by atoms with Crippen molar-refractivity contribution in [2.75, 3.05) is 7.11 Å². The normalized spacial score (nSPS) is 15.6. The van der Waals surface area contributed by atoms with Crippen LogP contribution in [0.2, 0.25) is 0 Å². The minimum atomic E-state index is -0.471. The Morgan fingerprint density at radius 3 is 2.68 bits per heavy atom. The molecule has 0 radical (unpaired) electrons. The lowest BCUT2D eigenvalue weighted by molar-refractivity contribution is -0.136. The molecule has 0 atom stereocenters. The number of benzene rings is 2. The predicted octanol–water partition coefficient (Wildman–Crippen LogP) is 3.80. The molecule has 1 aliphatic heterocycles. The van der Waals surface area contributed by atoms with Gasteiger partial charge < -0.3 is 9.57 Å². The highest BCUT2D eigenvalue weighted by molar-refractivity contribution is 9.10. The van der Waals surface area contributed by atoms with Crippen LogP contribution >= 0.6 is 15.9 Å². The predicted molar refractivity (Wildman–Crippen MR) is 87.7 cm³/mol. The lowest BCUT2D eigenvalue weighted by Gasteiger charge is -2.06. The smallest absolute Gasteiger partial charge is 0.368 e. The van der Waals surface area contributed by atoms with Gasteiger partial charge in [-0.05, 0) is 24.3 Å². The summed E-state index contributed by atoms with van der Waals surface area (Å²) in [7, 11) is 1.59. The Kier molecular flexibility index (Phi) is 4.06. The lowest BCUT2D eigenvalue weighted by atomic mass is 10.0. The topological polar surface area (TPSA) is 47.9 Å². The van der Waals surface area contributed by atoms with Crippen LogP contribution in [-0.2, 0) is 9.63 Å². The maximum Gasteiger partial charge on any atom is 0.368 e. The van der Waals surface area contributed by atoms with Crippen molar-refractivity contribution in [2.45, 2.75) is 0 Å². The Balaban J connectivity index is 2.07. The number of oxime groups is 1. The van der Waals surface area contributed by atoms with E-state index in [1.165, 1.54) is 0 Å². The van der Waals surface area contributed by atoms with Crippen LogP contribution < -0.4 is 4.74 Å². The number of halogens is 1. The molecule has 1 aliphatic rings. The molecule has 0 bridgehead atoms. The Labute approximate surface area is 136 Å². The summed E-state index contributed by atoms with van der Waals surface area (Å²) >= 11 is 3.42. The molecule has 2 aromatic rings. The van der Waals surface area contributed by atoms with Crippen molar-refractivity contribution in [3.8, 4) is 5.75 Å². The molecular weight excluding hydrogens is 346 g/mol. The molecule has 0 amide bonds. The van der Waals surface area contributed by atoms with Crippen LogP contribution in [0, 0.1) is 0 Å². The van der Waals surface area contributed by atoms with Gasteiger partial charge in [0.2, 0.25) is 0 Å². The molecule has 0 fully saturated rings. The fourth-order valence-corrected chi connectivity index (χ4v) is 2.57. The number of nitrogens with zero attached hydrogens (tertiary/aromatic N) is 1. The van der Waals surface area contributed by atoms with E-state index in [-0.39, 0.29) is 0 Å². The molecule has 0 aromatic heterocycles. The minimum absolute atomic E-state index is 0.405. The lowest BCUT2D eigenvalue weighted by Crippen LogP contribution is -2.06. The third-order valence-electron chi connectivity index (χ3n) is 3.23. The van der Waals surface area contributed by atoms with Crippen molar-refractivity contribution < 1.29 is 14.4 Å². The summed E-state index contributed by atoms with van der Waals surface area (Å²) in [6.45, 7) is 0. The molecule has 0 unspecified atom stereocenters. The van der Waals surface area contributed by atoms with Gasteiger partial charge in [-0.1, -0.05) is 51.4 Å². The molecule has 4 nitrogen and oxygen atoms in total. The van der Waals surface area contributed by atoms with Gasteiger partial charge in [-0.15, -0.1) is 0 Å². The van der Waals surface area contributed by atoms with Crippen LogP contribution in [0.1, 0.15) is 11.1 Å². The number of carbonyl (C=O) groups excluding carboxylic acids is 1. The number of carbonyl (C=O) groups is 1. The maximum absolute atomic E-state index is 12.0. The van der Waals surface area contributed by atoms with Crippen molar-refractivity contribution in [3.05, 3.63) is 69.7 Å². The van der Waals surface area contributed by atoms with Crippen molar-refractivity contribution in [1.82, 2.24) is 0 Å². The zero-order chi connectivity index (χ0) is 15.5. The van der Waals surface area contributed by atoms with Crippen LogP contribution in [0.25, 0.3) is 6.08 Å². The van der Waals surface area contributed by atoms with E-state index >= 15 is 0 Å². The van der Waals surface area contributed by atoms with E-state index in [0.29, 0.717) is 17.0 Å². The standard InChI is InChI=1S/C17H12BrNO3/c1-21-15-8-7-13(18)9-12(15)10-14-16(19-22-17(14)20)11-5-3-2-4-6-11/h2-10H,1H3/b14-10+. The molecule has 0 spiro atoms. The summed E-state index contributed by atoms with van der Waals surface area (Å²) < 4.78 is 6.22. The van der Waals surface area contributed by atoms with Gasteiger partial charge in [0.1, 0.15) is 11.5 Å². The third kappa shape index (κ3) is 2.80. The summed E-state index contributed by atoms with van der Waals surface area (Å²) in [5, 5.41) is 3.89. The van der Waals surface area contributed by atoms with E-state index in [2.05, 4.69) is 21.1 Å². The second kappa shape index (κ2) is 6.15. The van der Waals surface area contributed by atoms with Crippen molar-refractivity contribution in [3.63, 3.8) is 0 Å². The number of hydrogen-bond donors (Lipinski definition) is 0. The SMILES string of the molecule is COc1ccc(Br)cc1/C=C1/C(=O)ON=C1c1ccccc1. The number of rotatable bonds is 3. The first-order valence-corrected chi connectivity index (χ1v) is 7.38. The molecule has 5 heteroatoms. The van der Waals surface area contributed by atoms with Crippen LogP contribution in [0.5, 0.6) is 5.75 Å². The Morgan fingerprint density at radius 1 is 1.18 bits per heavy atom. The average molecular weight is 358 g/mol. The molecule has 0 saturated carbocycles. The minimum Gasteiger partial charge on any atom is -0.496 e. The zero-order valence-electron chi connectivity index (χ0n) is 11.7. The first-order valence-electron chi connectivity index (χ1n) is 6.59. The van der Waals surface area contributed by atoms with Crippen molar-refractivity contribution in [1.29, 1.82) is 0 Å². The van der Waals surface area contributed by atoms with Gasteiger partial charge in [0, 0.05) is 15.6 Å². The number of methoxy groups -OCH3 is 1. The van der Waals surface area contributed by atoms with Gasteiger partial charge in [-0.25, -0.2) is 4.79 Å².